The second-order valence-electron chi connectivity index (χ2n) is 6.68. The normalized spacial score (nSPS) is 22.5. The minimum Gasteiger partial charge on any atom is -0.491 e. The van der Waals surface area contributed by atoms with Crippen LogP contribution in [0.15, 0.2) is 24.3 Å². The van der Waals surface area contributed by atoms with Crippen molar-refractivity contribution in [1.82, 2.24) is 5.32 Å². The summed E-state index contributed by atoms with van der Waals surface area (Å²) in [6.07, 6.45) is 3.51. The number of hydrogen-bond acceptors (Lipinski definition) is 5. The van der Waals surface area contributed by atoms with Gasteiger partial charge in [-0.3, -0.25) is 4.79 Å². The minimum atomic E-state index is -0.125. The van der Waals surface area contributed by atoms with Gasteiger partial charge in [0.05, 0.1) is 12.2 Å². The van der Waals surface area contributed by atoms with Crippen LogP contribution in [0.2, 0.25) is 0 Å². The second-order valence-corrected chi connectivity index (χ2v) is 6.68. The highest BCUT2D eigenvalue weighted by molar-refractivity contribution is 5.94. The average molecular weight is 349 g/mol. The van der Waals surface area contributed by atoms with Gasteiger partial charge in [0.2, 0.25) is 0 Å². The van der Waals surface area contributed by atoms with E-state index in [0.29, 0.717) is 31.1 Å². The smallest absolute Gasteiger partial charge is 0.251 e. The third-order valence-corrected chi connectivity index (χ3v) is 4.88. The van der Waals surface area contributed by atoms with Crippen molar-refractivity contribution >= 4 is 5.91 Å². The lowest BCUT2D eigenvalue weighted by Gasteiger charge is -2.43. The minimum absolute atomic E-state index is 0.0636. The quantitative estimate of drug-likeness (QED) is 0.798. The Balaban J connectivity index is 1.57. The summed E-state index contributed by atoms with van der Waals surface area (Å²) in [5.74, 6) is 0.615. The Bertz CT molecular complexity index is 565. The van der Waals surface area contributed by atoms with E-state index in [4.69, 9.17) is 18.9 Å². The highest BCUT2D eigenvalue weighted by atomic mass is 16.5. The zero-order valence-corrected chi connectivity index (χ0v) is 14.8. The van der Waals surface area contributed by atoms with Crippen LogP contribution in [0.4, 0.5) is 0 Å². The lowest BCUT2D eigenvalue weighted by Crippen LogP contribution is -2.51. The molecule has 138 valence electrons. The number of rotatable bonds is 6. The van der Waals surface area contributed by atoms with Crippen LogP contribution in [-0.4, -0.2) is 57.7 Å². The number of nitrogens with one attached hydrogen (secondary N) is 1. The highest BCUT2D eigenvalue weighted by Gasteiger charge is 2.39. The fraction of sp³-hybridized carbons (Fsp3) is 0.632. The van der Waals surface area contributed by atoms with Gasteiger partial charge in [0.15, 0.2) is 0 Å². The molecule has 6 nitrogen and oxygen atoms in total. The van der Waals surface area contributed by atoms with Gasteiger partial charge in [0, 0.05) is 38.5 Å². The summed E-state index contributed by atoms with van der Waals surface area (Å²) >= 11 is 0. The largest absolute Gasteiger partial charge is 0.491 e. The zero-order chi connectivity index (χ0) is 17.5. The molecule has 1 aromatic carbocycles. The van der Waals surface area contributed by atoms with Crippen LogP contribution in [0.3, 0.4) is 0 Å². The van der Waals surface area contributed by atoms with Crippen molar-refractivity contribution in [2.45, 2.75) is 37.3 Å². The monoisotopic (exact) mass is 349 g/mol. The fourth-order valence-corrected chi connectivity index (χ4v) is 3.48. The van der Waals surface area contributed by atoms with E-state index in [9.17, 15) is 4.79 Å². The summed E-state index contributed by atoms with van der Waals surface area (Å²) in [7, 11) is 1.63. The van der Waals surface area contributed by atoms with Crippen LogP contribution in [-0.2, 0) is 14.2 Å². The van der Waals surface area contributed by atoms with E-state index in [1.807, 2.05) is 18.2 Å². The number of carbonyl (C=O) groups excluding carboxylic acids is 1. The third-order valence-electron chi connectivity index (χ3n) is 4.88. The molecule has 1 spiro atoms. The number of amides is 1. The lowest BCUT2D eigenvalue weighted by atomic mass is 9.84. The molecule has 6 heteroatoms. The molecule has 1 amide bonds. The summed E-state index contributed by atoms with van der Waals surface area (Å²) in [5.41, 5.74) is 0.488. The third kappa shape index (κ3) is 4.93. The van der Waals surface area contributed by atoms with Crippen LogP contribution in [0.5, 0.6) is 5.75 Å². The molecule has 0 aliphatic carbocycles. The first-order chi connectivity index (χ1) is 12.2. The van der Waals surface area contributed by atoms with E-state index in [1.54, 1.807) is 13.2 Å². The number of hydrogen-bond donors (Lipinski definition) is 1. The summed E-state index contributed by atoms with van der Waals surface area (Å²) in [6, 6.07) is 7.40. The van der Waals surface area contributed by atoms with E-state index < -0.39 is 0 Å². The molecule has 1 N–H and O–H groups in total. The van der Waals surface area contributed by atoms with Crippen molar-refractivity contribution in [3.8, 4) is 5.75 Å². The van der Waals surface area contributed by atoms with Crippen LogP contribution in [0.25, 0.3) is 0 Å². The molecule has 25 heavy (non-hydrogen) atoms. The molecule has 1 atom stereocenters. The molecule has 0 aromatic heterocycles. The van der Waals surface area contributed by atoms with Gasteiger partial charge in [-0.05, 0) is 43.9 Å². The van der Waals surface area contributed by atoms with Crippen LogP contribution < -0.4 is 10.1 Å². The standard InChI is InChI=1S/C19H27NO5/c1-22-11-12-24-17-4-2-3-15(13-17)18(21)20-16-5-8-25-19(14-16)6-9-23-10-7-19/h2-4,13,16H,5-12,14H2,1H3,(H,20,21)/t16-/m0/s1. The lowest BCUT2D eigenvalue weighted by molar-refractivity contribution is -0.139. The molecule has 2 aliphatic heterocycles. The molecule has 3 rings (SSSR count). The molecule has 2 fully saturated rings. The molecular formula is C19H27NO5. The first-order valence-corrected chi connectivity index (χ1v) is 8.95. The molecule has 0 saturated carbocycles. The second kappa shape index (κ2) is 8.65. The molecule has 2 saturated heterocycles. The van der Waals surface area contributed by atoms with Crippen LogP contribution in [0.1, 0.15) is 36.0 Å². The van der Waals surface area contributed by atoms with Gasteiger partial charge in [0.1, 0.15) is 12.4 Å². The van der Waals surface area contributed by atoms with Crippen LogP contribution >= 0.6 is 0 Å². The Hall–Kier alpha value is -1.63. The van der Waals surface area contributed by atoms with E-state index in [2.05, 4.69) is 5.32 Å². The first kappa shape index (κ1) is 18.2. The number of benzene rings is 1. The van der Waals surface area contributed by atoms with Gasteiger partial charge < -0.3 is 24.3 Å². The van der Waals surface area contributed by atoms with E-state index >= 15 is 0 Å². The molecule has 0 radical (unpaired) electrons. The number of methoxy groups -OCH3 is 1. The first-order valence-electron chi connectivity index (χ1n) is 8.95. The Kier molecular flexibility index (Phi) is 6.29. The Morgan fingerprint density at radius 3 is 2.92 bits per heavy atom. The van der Waals surface area contributed by atoms with Crippen molar-refractivity contribution in [1.29, 1.82) is 0 Å². The van der Waals surface area contributed by atoms with Gasteiger partial charge in [-0.1, -0.05) is 6.07 Å². The van der Waals surface area contributed by atoms with Crippen molar-refractivity contribution in [3.63, 3.8) is 0 Å². The number of ether oxygens (including phenoxy) is 4. The van der Waals surface area contributed by atoms with Crippen molar-refractivity contribution < 1.29 is 23.7 Å². The predicted molar refractivity (Wildman–Crippen MR) is 93.0 cm³/mol. The summed E-state index contributed by atoms with van der Waals surface area (Å²) in [5, 5.41) is 3.16. The van der Waals surface area contributed by atoms with E-state index in [0.717, 1.165) is 38.9 Å². The topological polar surface area (TPSA) is 66.0 Å². The van der Waals surface area contributed by atoms with Crippen LogP contribution in [0, 0.1) is 0 Å². The van der Waals surface area contributed by atoms with Crippen molar-refractivity contribution in [2.24, 2.45) is 0 Å². The molecule has 0 unspecified atom stereocenters. The highest BCUT2D eigenvalue weighted by Crippen LogP contribution is 2.34. The Labute approximate surface area is 148 Å². The maximum Gasteiger partial charge on any atom is 0.251 e. The Morgan fingerprint density at radius 1 is 1.28 bits per heavy atom. The van der Waals surface area contributed by atoms with E-state index in [1.165, 1.54) is 0 Å². The SMILES string of the molecule is COCCOc1cccc(C(=O)N[C@H]2CCOC3(CCOCC3)C2)c1. The molecule has 0 bridgehead atoms. The van der Waals surface area contributed by atoms with Gasteiger partial charge in [-0.2, -0.15) is 0 Å². The zero-order valence-electron chi connectivity index (χ0n) is 14.8. The summed E-state index contributed by atoms with van der Waals surface area (Å²) in [4.78, 5) is 12.6. The summed E-state index contributed by atoms with van der Waals surface area (Å²) in [6.45, 7) is 3.14. The van der Waals surface area contributed by atoms with Gasteiger partial charge in [0.25, 0.3) is 5.91 Å². The van der Waals surface area contributed by atoms with Crippen molar-refractivity contribution in [2.75, 3.05) is 40.1 Å². The molecule has 2 heterocycles. The van der Waals surface area contributed by atoms with Gasteiger partial charge in [-0.15, -0.1) is 0 Å². The molecule has 2 aliphatic rings. The molecular weight excluding hydrogens is 322 g/mol. The predicted octanol–water partition coefficient (Wildman–Crippen LogP) is 2.17. The average Bonchev–Trinajstić information content (AvgIpc) is 2.63. The van der Waals surface area contributed by atoms with Crippen molar-refractivity contribution in [3.05, 3.63) is 29.8 Å². The molecule has 1 aromatic rings. The maximum absolute atomic E-state index is 12.6. The summed E-state index contributed by atoms with van der Waals surface area (Å²) < 4.78 is 22.0. The maximum atomic E-state index is 12.6. The van der Waals surface area contributed by atoms with E-state index in [-0.39, 0.29) is 17.6 Å². The number of carbonyl (C=O) groups is 1. The van der Waals surface area contributed by atoms with Gasteiger partial charge in [-0.25, -0.2) is 0 Å². The van der Waals surface area contributed by atoms with Gasteiger partial charge >= 0.3 is 0 Å². The fourth-order valence-electron chi connectivity index (χ4n) is 3.48. The Morgan fingerprint density at radius 2 is 2.12 bits per heavy atom.